The van der Waals surface area contributed by atoms with Crippen molar-refractivity contribution in [3.05, 3.63) is 58.6 Å². The number of carbonyl (C=O) groups is 2. The Kier molecular flexibility index (Phi) is 6.20. The second kappa shape index (κ2) is 8.78. The molecule has 3 rings (SSSR count). The van der Waals surface area contributed by atoms with Crippen LogP contribution in [-0.4, -0.2) is 23.5 Å². The number of ether oxygens (including phenoxy) is 1. The number of halogens is 1. The van der Waals surface area contributed by atoms with E-state index in [4.69, 9.17) is 16.3 Å². The number of hydrogen-bond donors (Lipinski definition) is 1. The second-order valence-corrected chi connectivity index (χ2v) is 7.20. The van der Waals surface area contributed by atoms with Gasteiger partial charge >= 0.3 is 5.97 Å². The molecule has 0 aliphatic rings. The number of nitrogens with zero attached hydrogens (tertiary/aromatic N) is 1. The molecular formula is C19H17ClN2O3S. The van der Waals surface area contributed by atoms with Gasteiger partial charge in [0, 0.05) is 17.1 Å². The van der Waals surface area contributed by atoms with Crippen LogP contribution in [-0.2, 0) is 20.7 Å². The number of esters is 1. The van der Waals surface area contributed by atoms with Crippen molar-refractivity contribution in [1.29, 1.82) is 0 Å². The topological polar surface area (TPSA) is 68.3 Å². The van der Waals surface area contributed by atoms with Crippen molar-refractivity contribution < 1.29 is 14.3 Å². The Balaban J connectivity index is 1.38. The molecule has 0 spiro atoms. The van der Waals surface area contributed by atoms with E-state index in [9.17, 15) is 9.59 Å². The highest BCUT2D eigenvalue weighted by Crippen LogP contribution is 2.22. The van der Waals surface area contributed by atoms with Crippen LogP contribution in [0.2, 0.25) is 5.02 Å². The van der Waals surface area contributed by atoms with Gasteiger partial charge in [0.05, 0.1) is 15.2 Å². The first-order valence-corrected chi connectivity index (χ1v) is 9.35. The summed E-state index contributed by atoms with van der Waals surface area (Å²) in [6.45, 7) is -0.313. The zero-order valence-corrected chi connectivity index (χ0v) is 15.5. The van der Waals surface area contributed by atoms with E-state index in [1.165, 1.54) is 0 Å². The van der Waals surface area contributed by atoms with Crippen molar-refractivity contribution in [3.63, 3.8) is 0 Å². The largest absolute Gasteiger partial charge is 0.456 e. The molecule has 134 valence electrons. The van der Waals surface area contributed by atoms with Crippen LogP contribution >= 0.6 is 22.9 Å². The average molecular weight is 389 g/mol. The number of thiazole rings is 1. The Morgan fingerprint density at radius 2 is 2.00 bits per heavy atom. The number of anilines is 1. The molecule has 3 aromatic rings. The zero-order valence-electron chi connectivity index (χ0n) is 13.9. The fraction of sp³-hybridized carbons (Fsp3) is 0.211. The van der Waals surface area contributed by atoms with Crippen LogP contribution in [0.4, 0.5) is 5.69 Å². The number of aryl methyl sites for hydroxylation is 1. The zero-order chi connectivity index (χ0) is 18.4. The number of fused-ring (bicyclic) bond motifs is 1. The van der Waals surface area contributed by atoms with E-state index < -0.39 is 11.9 Å². The minimum Gasteiger partial charge on any atom is -0.456 e. The van der Waals surface area contributed by atoms with Crippen LogP contribution in [0.25, 0.3) is 10.2 Å². The lowest BCUT2D eigenvalue weighted by atomic mass is 10.2. The fourth-order valence-electron chi connectivity index (χ4n) is 2.39. The van der Waals surface area contributed by atoms with Crippen LogP contribution in [0.1, 0.15) is 17.8 Å². The van der Waals surface area contributed by atoms with Crippen LogP contribution in [0.15, 0.2) is 48.5 Å². The van der Waals surface area contributed by atoms with Crippen molar-refractivity contribution in [2.24, 2.45) is 0 Å². The molecule has 0 radical (unpaired) electrons. The number of benzene rings is 2. The van der Waals surface area contributed by atoms with Crippen molar-refractivity contribution in [2.45, 2.75) is 19.3 Å². The highest BCUT2D eigenvalue weighted by atomic mass is 35.5. The van der Waals surface area contributed by atoms with E-state index in [0.29, 0.717) is 23.6 Å². The minimum atomic E-state index is -0.396. The van der Waals surface area contributed by atoms with Gasteiger partial charge in [0.15, 0.2) is 6.61 Å². The SMILES string of the molecule is O=C(COC(=O)CCCc1nc2ccccc2s1)Nc1cccc(Cl)c1. The summed E-state index contributed by atoms with van der Waals surface area (Å²) in [6.07, 6.45) is 1.60. The first kappa shape index (κ1) is 18.4. The first-order valence-electron chi connectivity index (χ1n) is 8.15. The van der Waals surface area contributed by atoms with Gasteiger partial charge in [-0.25, -0.2) is 4.98 Å². The summed E-state index contributed by atoms with van der Waals surface area (Å²) in [5.41, 5.74) is 1.54. The van der Waals surface area contributed by atoms with Gasteiger partial charge in [0.1, 0.15) is 0 Å². The van der Waals surface area contributed by atoms with Crippen molar-refractivity contribution in [2.75, 3.05) is 11.9 Å². The van der Waals surface area contributed by atoms with E-state index >= 15 is 0 Å². The molecule has 2 aromatic carbocycles. The summed E-state index contributed by atoms with van der Waals surface area (Å²) in [4.78, 5) is 28.1. The summed E-state index contributed by atoms with van der Waals surface area (Å²) >= 11 is 7.48. The van der Waals surface area contributed by atoms with Gasteiger partial charge in [-0.15, -0.1) is 11.3 Å². The Morgan fingerprint density at radius 1 is 1.15 bits per heavy atom. The van der Waals surface area contributed by atoms with E-state index in [1.54, 1.807) is 35.6 Å². The maximum absolute atomic E-state index is 11.8. The predicted molar refractivity (Wildman–Crippen MR) is 104 cm³/mol. The Labute approximate surface area is 160 Å². The molecule has 7 heteroatoms. The van der Waals surface area contributed by atoms with Crippen LogP contribution < -0.4 is 5.32 Å². The summed E-state index contributed by atoms with van der Waals surface area (Å²) in [7, 11) is 0. The monoisotopic (exact) mass is 388 g/mol. The summed E-state index contributed by atoms with van der Waals surface area (Å²) in [5, 5.41) is 4.15. The molecule has 0 aliphatic carbocycles. The molecule has 0 aliphatic heterocycles. The number of nitrogens with one attached hydrogen (secondary N) is 1. The summed E-state index contributed by atoms with van der Waals surface area (Å²) in [5.74, 6) is -0.792. The smallest absolute Gasteiger partial charge is 0.306 e. The number of carbonyl (C=O) groups excluding carboxylic acids is 2. The molecule has 0 saturated heterocycles. The van der Waals surface area contributed by atoms with Crippen LogP contribution in [0, 0.1) is 0 Å². The quantitative estimate of drug-likeness (QED) is 0.607. The van der Waals surface area contributed by atoms with Crippen LogP contribution in [0.5, 0.6) is 0 Å². The highest BCUT2D eigenvalue weighted by molar-refractivity contribution is 7.18. The molecule has 0 fully saturated rings. The predicted octanol–water partition coefficient (Wildman–Crippen LogP) is 4.45. The van der Waals surface area contributed by atoms with Gasteiger partial charge in [-0.1, -0.05) is 29.8 Å². The van der Waals surface area contributed by atoms with Gasteiger partial charge in [0.25, 0.3) is 5.91 Å². The van der Waals surface area contributed by atoms with Crippen molar-refractivity contribution in [1.82, 2.24) is 4.98 Å². The number of amides is 1. The molecule has 0 atom stereocenters. The molecule has 1 amide bonds. The van der Waals surface area contributed by atoms with Gasteiger partial charge < -0.3 is 10.1 Å². The van der Waals surface area contributed by atoms with Crippen molar-refractivity contribution in [3.8, 4) is 0 Å². The highest BCUT2D eigenvalue weighted by Gasteiger charge is 2.09. The molecule has 26 heavy (non-hydrogen) atoms. The Hall–Kier alpha value is -2.44. The molecule has 0 bridgehead atoms. The molecular weight excluding hydrogens is 372 g/mol. The first-order chi connectivity index (χ1) is 12.6. The third-order valence-electron chi connectivity index (χ3n) is 3.58. The van der Waals surface area contributed by atoms with Crippen molar-refractivity contribution >= 4 is 50.7 Å². The van der Waals surface area contributed by atoms with E-state index in [0.717, 1.165) is 15.2 Å². The minimum absolute atomic E-state index is 0.250. The molecule has 1 heterocycles. The van der Waals surface area contributed by atoms with Gasteiger partial charge in [-0.2, -0.15) is 0 Å². The molecule has 0 saturated carbocycles. The molecule has 1 aromatic heterocycles. The Bertz CT molecular complexity index is 893. The summed E-state index contributed by atoms with van der Waals surface area (Å²) < 4.78 is 6.14. The number of rotatable bonds is 7. The average Bonchev–Trinajstić information content (AvgIpc) is 3.03. The fourth-order valence-corrected chi connectivity index (χ4v) is 3.59. The second-order valence-electron chi connectivity index (χ2n) is 5.65. The maximum Gasteiger partial charge on any atom is 0.306 e. The normalized spacial score (nSPS) is 10.7. The third kappa shape index (κ3) is 5.28. The van der Waals surface area contributed by atoms with E-state index in [-0.39, 0.29) is 13.0 Å². The summed E-state index contributed by atoms with van der Waals surface area (Å²) in [6, 6.07) is 14.7. The number of aromatic nitrogens is 1. The lowest BCUT2D eigenvalue weighted by molar-refractivity contribution is -0.147. The van der Waals surface area contributed by atoms with E-state index in [1.807, 2.05) is 24.3 Å². The maximum atomic E-state index is 11.8. The van der Waals surface area contributed by atoms with Crippen LogP contribution in [0.3, 0.4) is 0 Å². The Morgan fingerprint density at radius 3 is 2.81 bits per heavy atom. The number of hydrogen-bond acceptors (Lipinski definition) is 5. The van der Waals surface area contributed by atoms with Gasteiger partial charge in [0.2, 0.25) is 0 Å². The lowest BCUT2D eigenvalue weighted by Crippen LogP contribution is -2.20. The number of para-hydroxylation sites is 1. The lowest BCUT2D eigenvalue weighted by Gasteiger charge is -2.06. The molecule has 0 unspecified atom stereocenters. The molecule has 1 N–H and O–H groups in total. The third-order valence-corrected chi connectivity index (χ3v) is 4.91. The standard InChI is InChI=1S/C19H17ClN2O3S/c20-13-5-3-6-14(11-13)21-17(23)12-25-19(24)10-4-9-18-22-15-7-1-2-8-16(15)26-18/h1-3,5-8,11H,4,9-10,12H2,(H,21,23). The molecule has 5 nitrogen and oxygen atoms in total. The van der Waals surface area contributed by atoms with E-state index in [2.05, 4.69) is 10.3 Å². The van der Waals surface area contributed by atoms with Gasteiger partial charge in [-0.3, -0.25) is 9.59 Å². The van der Waals surface area contributed by atoms with Gasteiger partial charge in [-0.05, 0) is 43.2 Å².